The molecule has 1 aliphatic heterocycles. The maximum absolute atomic E-state index is 12.3. The summed E-state index contributed by atoms with van der Waals surface area (Å²) in [5, 5.41) is 0. The Morgan fingerprint density at radius 3 is 2.58 bits per heavy atom. The molecule has 1 heterocycles. The molecule has 1 aromatic carbocycles. The van der Waals surface area contributed by atoms with E-state index in [1.807, 2.05) is 29.2 Å². The van der Waals surface area contributed by atoms with Gasteiger partial charge in [0.05, 0.1) is 0 Å². The molecule has 4 heteroatoms. The van der Waals surface area contributed by atoms with Gasteiger partial charge in [-0.05, 0) is 31.2 Å². The fourth-order valence-electron chi connectivity index (χ4n) is 3.35. The summed E-state index contributed by atoms with van der Waals surface area (Å²) in [6.07, 6.45) is 7.27. The van der Waals surface area contributed by atoms with Gasteiger partial charge >= 0.3 is 0 Å². The number of Topliss-reactive ketones (excluding diaryl/α,β-unsaturated/α-hetero) is 1. The van der Waals surface area contributed by atoms with Gasteiger partial charge in [-0.1, -0.05) is 44.0 Å². The van der Waals surface area contributed by atoms with Crippen molar-refractivity contribution in [3.63, 3.8) is 0 Å². The van der Waals surface area contributed by atoms with Crippen LogP contribution in [0, 0.1) is 0 Å². The lowest BCUT2D eigenvalue weighted by molar-refractivity contribution is -0.131. The van der Waals surface area contributed by atoms with Gasteiger partial charge in [-0.2, -0.15) is 0 Å². The number of hydrogen-bond acceptors (Lipinski definition) is 3. The summed E-state index contributed by atoms with van der Waals surface area (Å²) >= 11 is 0. The van der Waals surface area contributed by atoms with E-state index in [0.717, 1.165) is 25.8 Å². The number of likely N-dealkylation sites (tertiary alicyclic amines) is 1. The van der Waals surface area contributed by atoms with E-state index < -0.39 is 0 Å². The molecule has 1 atom stereocenters. The smallest absolute Gasteiger partial charge is 0.223 e. The Morgan fingerprint density at radius 1 is 1.17 bits per heavy atom. The van der Waals surface area contributed by atoms with Crippen molar-refractivity contribution >= 4 is 11.7 Å². The maximum atomic E-state index is 12.3. The van der Waals surface area contributed by atoms with Crippen LogP contribution in [0.4, 0.5) is 0 Å². The summed E-state index contributed by atoms with van der Waals surface area (Å²) in [5.74, 6) is 0.111. The van der Waals surface area contributed by atoms with Crippen LogP contribution in [-0.4, -0.2) is 35.7 Å². The molecule has 1 unspecified atom stereocenters. The Bertz CT molecular complexity index is 539. The van der Waals surface area contributed by atoms with Gasteiger partial charge in [0.1, 0.15) is 0 Å². The van der Waals surface area contributed by atoms with Crippen molar-refractivity contribution in [2.24, 2.45) is 5.73 Å². The van der Waals surface area contributed by atoms with Gasteiger partial charge in [-0.3, -0.25) is 9.59 Å². The highest BCUT2D eigenvalue weighted by molar-refractivity contribution is 5.98. The lowest BCUT2D eigenvalue weighted by atomic mass is 10.0. The summed E-state index contributed by atoms with van der Waals surface area (Å²) in [4.78, 5) is 26.4. The molecule has 0 spiro atoms. The van der Waals surface area contributed by atoms with Gasteiger partial charge in [0.25, 0.3) is 0 Å². The normalized spacial score (nSPS) is 17.2. The van der Waals surface area contributed by atoms with Gasteiger partial charge in [0, 0.05) is 37.5 Å². The van der Waals surface area contributed by atoms with Gasteiger partial charge < -0.3 is 10.6 Å². The van der Waals surface area contributed by atoms with Gasteiger partial charge in [0.15, 0.2) is 5.78 Å². The molecule has 1 aliphatic rings. The highest BCUT2D eigenvalue weighted by Crippen LogP contribution is 2.18. The molecule has 1 aromatic rings. The van der Waals surface area contributed by atoms with Crippen molar-refractivity contribution in [2.75, 3.05) is 13.1 Å². The third kappa shape index (κ3) is 5.17. The second-order valence-electron chi connectivity index (χ2n) is 6.70. The maximum Gasteiger partial charge on any atom is 0.223 e. The predicted molar refractivity (Wildman–Crippen MR) is 97.0 cm³/mol. The van der Waals surface area contributed by atoms with E-state index in [1.54, 1.807) is 0 Å². The van der Waals surface area contributed by atoms with Crippen molar-refractivity contribution in [3.8, 4) is 0 Å². The molecule has 2 rings (SSSR count). The number of carbonyl (C=O) groups is 2. The molecular weight excluding hydrogens is 300 g/mol. The average molecular weight is 330 g/mol. The van der Waals surface area contributed by atoms with E-state index in [2.05, 4.69) is 6.92 Å². The van der Waals surface area contributed by atoms with E-state index in [0.29, 0.717) is 12.1 Å². The highest BCUT2D eigenvalue weighted by atomic mass is 16.2. The number of aryl methyl sites for hydroxylation is 1. The molecule has 0 bridgehead atoms. The molecule has 0 aliphatic carbocycles. The number of rotatable bonds is 9. The number of nitrogens with zero attached hydrogens (tertiary/aromatic N) is 1. The molecule has 24 heavy (non-hydrogen) atoms. The third-order valence-electron chi connectivity index (χ3n) is 4.88. The lowest BCUT2D eigenvalue weighted by Crippen LogP contribution is -2.39. The van der Waals surface area contributed by atoms with Crippen LogP contribution >= 0.6 is 0 Å². The number of amides is 1. The minimum atomic E-state index is 0.0481. The van der Waals surface area contributed by atoms with Crippen LogP contribution in [0.25, 0.3) is 0 Å². The Balaban J connectivity index is 1.80. The molecule has 0 saturated carbocycles. The SMILES string of the molecule is CCCCCc1ccc(C(=O)CCC(=O)N2CCCC2CN)cc1. The molecule has 1 fully saturated rings. The fraction of sp³-hybridized carbons (Fsp3) is 0.600. The average Bonchev–Trinajstić information content (AvgIpc) is 3.09. The Kier molecular flexibility index (Phi) is 7.44. The number of ketones is 1. The minimum Gasteiger partial charge on any atom is -0.338 e. The monoisotopic (exact) mass is 330 g/mol. The van der Waals surface area contributed by atoms with Crippen LogP contribution in [0.5, 0.6) is 0 Å². The predicted octanol–water partition coefficient (Wildman–Crippen LogP) is 3.33. The van der Waals surface area contributed by atoms with Crippen molar-refractivity contribution in [1.29, 1.82) is 0 Å². The van der Waals surface area contributed by atoms with Crippen LogP contribution in [-0.2, 0) is 11.2 Å². The fourth-order valence-corrected chi connectivity index (χ4v) is 3.35. The van der Waals surface area contributed by atoms with Crippen LogP contribution in [0.2, 0.25) is 0 Å². The number of hydrogen-bond donors (Lipinski definition) is 1. The van der Waals surface area contributed by atoms with Crippen molar-refractivity contribution < 1.29 is 9.59 Å². The zero-order valence-electron chi connectivity index (χ0n) is 14.8. The van der Waals surface area contributed by atoms with E-state index in [-0.39, 0.29) is 30.6 Å². The standard InChI is InChI=1S/C20H30N2O2/c1-2-3-4-6-16-8-10-17(11-9-16)19(23)12-13-20(24)22-14-5-7-18(22)15-21/h8-11,18H,2-7,12-15,21H2,1H3. The van der Waals surface area contributed by atoms with E-state index in [9.17, 15) is 9.59 Å². The summed E-state index contributed by atoms with van der Waals surface area (Å²) < 4.78 is 0. The third-order valence-corrected chi connectivity index (χ3v) is 4.88. The zero-order chi connectivity index (χ0) is 17.4. The Morgan fingerprint density at radius 2 is 1.92 bits per heavy atom. The van der Waals surface area contributed by atoms with Crippen LogP contribution in [0.1, 0.15) is 67.8 Å². The van der Waals surface area contributed by atoms with Crippen molar-refractivity contribution in [2.45, 2.75) is 64.3 Å². The largest absolute Gasteiger partial charge is 0.338 e. The summed E-state index contributed by atoms with van der Waals surface area (Å²) in [5.41, 5.74) is 7.69. The molecule has 1 amide bonds. The quantitative estimate of drug-likeness (QED) is 0.558. The Labute approximate surface area is 145 Å². The molecular formula is C20H30N2O2. The van der Waals surface area contributed by atoms with Crippen molar-refractivity contribution in [1.82, 2.24) is 4.90 Å². The number of carbonyl (C=O) groups excluding carboxylic acids is 2. The molecule has 4 nitrogen and oxygen atoms in total. The summed E-state index contributed by atoms with van der Waals surface area (Å²) in [6, 6.07) is 8.03. The first-order valence-electron chi connectivity index (χ1n) is 9.27. The summed E-state index contributed by atoms with van der Waals surface area (Å²) in [6.45, 7) is 3.49. The minimum absolute atomic E-state index is 0.0481. The number of benzene rings is 1. The first-order valence-corrected chi connectivity index (χ1v) is 9.27. The van der Waals surface area contributed by atoms with Crippen molar-refractivity contribution in [3.05, 3.63) is 35.4 Å². The second kappa shape index (κ2) is 9.58. The number of unbranched alkanes of at least 4 members (excludes halogenated alkanes) is 2. The Hall–Kier alpha value is -1.68. The van der Waals surface area contributed by atoms with Crippen LogP contribution in [0.3, 0.4) is 0 Å². The highest BCUT2D eigenvalue weighted by Gasteiger charge is 2.27. The van der Waals surface area contributed by atoms with Crippen LogP contribution in [0.15, 0.2) is 24.3 Å². The summed E-state index contributed by atoms with van der Waals surface area (Å²) in [7, 11) is 0. The molecule has 1 saturated heterocycles. The molecule has 2 N–H and O–H groups in total. The van der Waals surface area contributed by atoms with E-state index in [1.165, 1.54) is 24.8 Å². The van der Waals surface area contributed by atoms with Gasteiger partial charge in [0.2, 0.25) is 5.91 Å². The van der Waals surface area contributed by atoms with E-state index in [4.69, 9.17) is 5.73 Å². The second-order valence-corrected chi connectivity index (χ2v) is 6.70. The van der Waals surface area contributed by atoms with E-state index >= 15 is 0 Å². The zero-order valence-corrected chi connectivity index (χ0v) is 14.8. The molecule has 0 radical (unpaired) electrons. The topological polar surface area (TPSA) is 63.4 Å². The van der Waals surface area contributed by atoms with Crippen LogP contribution < -0.4 is 5.73 Å². The first-order chi connectivity index (χ1) is 11.7. The molecule has 0 aromatic heterocycles. The van der Waals surface area contributed by atoms with Gasteiger partial charge in [-0.15, -0.1) is 0 Å². The first kappa shape index (κ1) is 18.7. The van der Waals surface area contributed by atoms with Gasteiger partial charge in [-0.25, -0.2) is 0 Å². The number of nitrogens with two attached hydrogens (primary N) is 1. The molecule has 132 valence electrons. The lowest BCUT2D eigenvalue weighted by Gasteiger charge is -2.23.